The lowest BCUT2D eigenvalue weighted by Crippen LogP contribution is -2.86. The minimum Gasteiger partial charge on any atom is -0.545 e. The van der Waals surface area contributed by atoms with Crippen molar-refractivity contribution in [3.8, 4) is 5.75 Å². The fraction of sp³-hybridized carbons (Fsp3) is 0.375. The van der Waals surface area contributed by atoms with Crippen molar-refractivity contribution >= 4 is 11.9 Å². The topological polar surface area (TPSA) is 103 Å². The van der Waals surface area contributed by atoms with Crippen molar-refractivity contribution in [2.45, 2.75) is 26.4 Å². The molecule has 1 aliphatic heterocycles. The summed E-state index contributed by atoms with van der Waals surface area (Å²) in [5.41, 5.74) is 2.64. The molecule has 0 saturated heterocycles. The zero-order chi connectivity index (χ0) is 16.5. The van der Waals surface area contributed by atoms with Gasteiger partial charge >= 0.3 is 5.97 Å². The van der Waals surface area contributed by atoms with Crippen LogP contribution in [0.5, 0.6) is 5.75 Å². The first-order valence-electron chi connectivity index (χ1n) is 7.12. The number of carbonyl (C=O) groups excluding carboxylic acids is 1. The Balaban J connectivity index is 0.000000261. The predicted octanol–water partition coefficient (Wildman–Crippen LogP) is -0.741. The number of rotatable bonds is 5. The summed E-state index contributed by atoms with van der Waals surface area (Å²) in [6.45, 7) is 6.50. The van der Waals surface area contributed by atoms with Crippen molar-refractivity contribution in [1.82, 2.24) is 0 Å². The number of nitrogens with two attached hydrogens (primary N) is 1. The van der Waals surface area contributed by atoms with Crippen LogP contribution < -0.4 is 15.2 Å². The van der Waals surface area contributed by atoms with E-state index in [0.717, 1.165) is 25.3 Å². The number of carbonyl (C=O) groups is 2. The highest BCUT2D eigenvalue weighted by molar-refractivity contribution is 5.88. The lowest BCUT2D eigenvalue weighted by atomic mass is 10.1. The van der Waals surface area contributed by atoms with Gasteiger partial charge in [0.15, 0.2) is 6.10 Å². The monoisotopic (exact) mass is 307 g/mol. The van der Waals surface area contributed by atoms with E-state index in [1.54, 1.807) is 0 Å². The Labute approximate surface area is 129 Å². The predicted molar refractivity (Wildman–Crippen MR) is 78.4 cm³/mol. The molecule has 0 fully saturated rings. The van der Waals surface area contributed by atoms with Crippen molar-refractivity contribution in [1.29, 1.82) is 0 Å². The molecule has 0 bridgehead atoms. The van der Waals surface area contributed by atoms with Gasteiger partial charge in [0.2, 0.25) is 0 Å². The number of para-hydroxylation sites is 1. The maximum Gasteiger partial charge on any atom is 0.328 e. The molecule has 22 heavy (non-hydrogen) atoms. The second-order valence-corrected chi connectivity index (χ2v) is 4.93. The number of aryl methyl sites for hydroxylation is 1. The Morgan fingerprint density at radius 1 is 1.45 bits per heavy atom. The third-order valence-corrected chi connectivity index (χ3v) is 3.11. The van der Waals surface area contributed by atoms with Crippen molar-refractivity contribution in [2.24, 2.45) is 0 Å². The molecule has 0 saturated carbocycles. The number of hydrogen-bond donors (Lipinski definition) is 2. The Morgan fingerprint density at radius 2 is 2.18 bits per heavy atom. The summed E-state index contributed by atoms with van der Waals surface area (Å²) < 4.78 is 5.91. The molecule has 1 aliphatic rings. The number of quaternary nitrogens is 1. The van der Waals surface area contributed by atoms with E-state index in [0.29, 0.717) is 18.3 Å². The molecule has 3 N–H and O–H groups in total. The van der Waals surface area contributed by atoms with Crippen LogP contribution in [0.3, 0.4) is 0 Å². The van der Waals surface area contributed by atoms with Crippen LogP contribution in [0, 0.1) is 6.92 Å². The van der Waals surface area contributed by atoms with Gasteiger partial charge in [0.05, 0.1) is 12.5 Å². The Kier molecular flexibility index (Phi) is 7.12. The molecule has 1 atom stereocenters. The molecule has 2 rings (SSSR count). The fourth-order valence-corrected chi connectivity index (χ4v) is 2.12. The summed E-state index contributed by atoms with van der Waals surface area (Å²) in [5.74, 6) is -1.68. The van der Waals surface area contributed by atoms with Gasteiger partial charge in [-0.2, -0.15) is 0 Å². The van der Waals surface area contributed by atoms with Gasteiger partial charge < -0.3 is 25.1 Å². The molecule has 1 aromatic rings. The lowest BCUT2D eigenvalue weighted by Gasteiger charge is -2.09. The molecule has 1 heterocycles. The first-order valence-corrected chi connectivity index (χ1v) is 7.12. The minimum atomic E-state index is -1.51. The van der Waals surface area contributed by atoms with E-state index in [9.17, 15) is 14.7 Å². The van der Waals surface area contributed by atoms with Gasteiger partial charge in [-0.25, -0.2) is 4.79 Å². The van der Waals surface area contributed by atoms with Crippen LogP contribution in [-0.4, -0.2) is 36.2 Å². The summed E-state index contributed by atoms with van der Waals surface area (Å²) >= 11 is 0. The number of carboxylic acids is 2. The second kappa shape index (κ2) is 8.84. The molecular weight excluding hydrogens is 286 g/mol. The quantitative estimate of drug-likeness (QED) is 0.697. The maximum absolute atomic E-state index is 9.53. The summed E-state index contributed by atoms with van der Waals surface area (Å²) in [6, 6.07) is 6.41. The van der Waals surface area contributed by atoms with E-state index in [-0.39, 0.29) is 0 Å². The Morgan fingerprint density at radius 3 is 2.68 bits per heavy atom. The van der Waals surface area contributed by atoms with Gasteiger partial charge in [0.25, 0.3) is 0 Å². The van der Waals surface area contributed by atoms with Crippen LogP contribution in [0.25, 0.3) is 0 Å². The van der Waals surface area contributed by atoms with Gasteiger partial charge in [-0.1, -0.05) is 18.2 Å². The fourth-order valence-electron chi connectivity index (χ4n) is 2.12. The molecule has 0 spiro atoms. The van der Waals surface area contributed by atoms with Crippen molar-refractivity contribution < 1.29 is 29.9 Å². The van der Waals surface area contributed by atoms with E-state index in [1.807, 2.05) is 0 Å². The summed E-state index contributed by atoms with van der Waals surface area (Å²) in [6.07, 6.45) is 2.40. The van der Waals surface area contributed by atoms with E-state index in [4.69, 9.17) is 9.84 Å². The van der Waals surface area contributed by atoms with Crippen molar-refractivity contribution in [3.63, 3.8) is 0 Å². The molecule has 0 aromatic heterocycles. The number of benzene rings is 1. The lowest BCUT2D eigenvalue weighted by molar-refractivity contribution is -0.656. The standard InChI is InChI=1S/C12H17NO.C4H4O4/c1-3-13-8-11-7-10-6-4-5-9(2)12(10)14-11;5-3(6)1-2-4(7)8/h4-6,11,13H,3,7-8H2,1-2H3;1-2H,(H,5,6)(H,7,8)/b;2-1-. The molecule has 1 aromatic carbocycles. The number of ether oxygens (including phenoxy) is 1. The maximum atomic E-state index is 9.53. The zero-order valence-corrected chi connectivity index (χ0v) is 12.7. The molecular formula is C16H21NO5. The first kappa shape index (κ1) is 17.7. The van der Waals surface area contributed by atoms with Crippen molar-refractivity contribution in [3.05, 3.63) is 41.5 Å². The Bertz CT molecular complexity index is 537. The molecule has 6 nitrogen and oxygen atoms in total. The Hall–Kier alpha value is -2.34. The van der Waals surface area contributed by atoms with Crippen molar-refractivity contribution in [2.75, 3.05) is 13.1 Å². The largest absolute Gasteiger partial charge is 0.545 e. The summed E-state index contributed by atoms with van der Waals surface area (Å²) in [4.78, 5) is 19.0. The third kappa shape index (κ3) is 5.97. The molecule has 120 valence electrons. The minimum absolute atomic E-state index is 0.381. The number of aliphatic carboxylic acids is 2. The summed E-state index contributed by atoms with van der Waals surface area (Å²) in [5, 5.41) is 19.5. The highest BCUT2D eigenvalue weighted by atomic mass is 16.5. The van der Waals surface area contributed by atoms with Crippen LogP contribution in [0.4, 0.5) is 0 Å². The van der Waals surface area contributed by atoms with Crippen LogP contribution in [-0.2, 0) is 16.0 Å². The van der Waals surface area contributed by atoms with Crippen LogP contribution in [0.15, 0.2) is 30.4 Å². The van der Waals surface area contributed by atoms with Crippen LogP contribution >= 0.6 is 0 Å². The zero-order valence-electron chi connectivity index (χ0n) is 12.7. The van der Waals surface area contributed by atoms with E-state index >= 15 is 0 Å². The van der Waals surface area contributed by atoms with E-state index in [2.05, 4.69) is 37.4 Å². The average molecular weight is 307 g/mol. The molecule has 0 radical (unpaired) electrons. The number of hydrogen-bond acceptors (Lipinski definition) is 4. The van der Waals surface area contributed by atoms with Gasteiger partial charge in [-0.3, -0.25) is 0 Å². The molecule has 0 amide bonds. The van der Waals surface area contributed by atoms with Gasteiger partial charge in [0, 0.05) is 12.5 Å². The number of carboxylic acid groups (broad SMARTS) is 2. The second-order valence-electron chi connectivity index (χ2n) is 4.93. The number of fused-ring (bicyclic) bond motifs is 1. The average Bonchev–Trinajstić information content (AvgIpc) is 2.88. The first-order chi connectivity index (χ1) is 10.4. The van der Waals surface area contributed by atoms with Gasteiger partial charge in [0.1, 0.15) is 12.3 Å². The van der Waals surface area contributed by atoms with E-state index in [1.165, 1.54) is 11.1 Å². The highest BCUT2D eigenvalue weighted by Gasteiger charge is 2.24. The van der Waals surface area contributed by atoms with Gasteiger partial charge in [-0.15, -0.1) is 0 Å². The highest BCUT2D eigenvalue weighted by Crippen LogP contribution is 2.31. The van der Waals surface area contributed by atoms with E-state index < -0.39 is 11.9 Å². The smallest absolute Gasteiger partial charge is 0.328 e. The molecule has 1 unspecified atom stereocenters. The van der Waals surface area contributed by atoms with Crippen LogP contribution in [0.1, 0.15) is 18.1 Å². The SMILES string of the molecule is CC[NH2+]CC1Cc2cccc(C)c2O1.O=C([O-])/C=C\C(=O)O. The van der Waals surface area contributed by atoms with Gasteiger partial charge in [-0.05, 0) is 31.1 Å². The van der Waals surface area contributed by atoms with Crippen LogP contribution in [0.2, 0.25) is 0 Å². The number of likely N-dealkylation sites (N-methyl/N-ethyl adjacent to an activating group) is 1. The molecule has 6 heteroatoms. The third-order valence-electron chi connectivity index (χ3n) is 3.11. The summed E-state index contributed by atoms with van der Waals surface area (Å²) in [7, 11) is 0. The normalized spacial score (nSPS) is 15.6. The molecule has 0 aliphatic carbocycles.